The number of hydrogen-bond acceptors (Lipinski definition) is 8. The second-order valence-corrected chi connectivity index (χ2v) is 8.59. The molecule has 0 aliphatic carbocycles. The second kappa shape index (κ2) is 10.5. The summed E-state index contributed by atoms with van der Waals surface area (Å²) in [4.78, 5) is 49.4. The largest absolute Gasteiger partial charge is 0.462 e. The number of ether oxygens (including phenoxy) is 1. The lowest BCUT2D eigenvalue weighted by molar-refractivity contribution is -0.390. The maximum Gasteiger partial charge on any atom is 0.404 e. The number of hydrogen-bond donors (Lipinski definition) is 1. The molecular formula is C18H22BrN5O6S. The van der Waals surface area contributed by atoms with Crippen LogP contribution in [0.2, 0.25) is 0 Å². The average Bonchev–Trinajstić information content (AvgIpc) is 3.23. The molecule has 0 spiro atoms. The van der Waals surface area contributed by atoms with E-state index in [0.29, 0.717) is 16.9 Å². The Bertz CT molecular complexity index is 1020. The first kappa shape index (κ1) is 24.5. The van der Waals surface area contributed by atoms with Gasteiger partial charge in [0.1, 0.15) is 9.47 Å². The van der Waals surface area contributed by atoms with Gasteiger partial charge in [-0.1, -0.05) is 6.92 Å². The molecule has 0 aliphatic heterocycles. The van der Waals surface area contributed by atoms with E-state index in [-0.39, 0.29) is 46.3 Å². The topological polar surface area (TPSA) is 137 Å². The molecule has 2 rings (SSSR count). The van der Waals surface area contributed by atoms with Crippen LogP contribution in [0.1, 0.15) is 45.4 Å². The Morgan fingerprint density at radius 2 is 2.06 bits per heavy atom. The zero-order valence-corrected chi connectivity index (χ0v) is 19.8. The Morgan fingerprint density at radius 1 is 1.39 bits per heavy atom. The predicted octanol–water partition coefficient (Wildman–Crippen LogP) is 3.22. The zero-order valence-electron chi connectivity index (χ0n) is 17.4. The van der Waals surface area contributed by atoms with Crippen LogP contribution < -0.4 is 5.32 Å². The van der Waals surface area contributed by atoms with Crippen molar-refractivity contribution in [1.29, 1.82) is 0 Å². The maximum absolute atomic E-state index is 12.5. The van der Waals surface area contributed by atoms with Gasteiger partial charge in [-0.25, -0.2) is 4.79 Å². The van der Waals surface area contributed by atoms with Gasteiger partial charge >= 0.3 is 11.8 Å². The third kappa shape index (κ3) is 5.88. The second-order valence-electron chi connectivity index (χ2n) is 6.71. The third-order valence-corrected chi connectivity index (χ3v) is 5.84. The molecule has 0 saturated heterocycles. The fourth-order valence-corrected chi connectivity index (χ4v) is 4.24. The molecule has 11 nitrogen and oxygen atoms in total. The van der Waals surface area contributed by atoms with E-state index in [2.05, 4.69) is 26.3 Å². The van der Waals surface area contributed by atoms with Crippen LogP contribution in [0.15, 0.2) is 10.7 Å². The van der Waals surface area contributed by atoms with Gasteiger partial charge < -0.3 is 25.1 Å². The summed E-state index contributed by atoms with van der Waals surface area (Å²) in [7, 11) is 3.19. The van der Waals surface area contributed by atoms with E-state index in [4.69, 9.17) is 4.74 Å². The summed E-state index contributed by atoms with van der Waals surface area (Å²) in [5.74, 6) is -1.69. The summed E-state index contributed by atoms with van der Waals surface area (Å²) in [6.07, 6.45) is 1.98. The van der Waals surface area contributed by atoms with Gasteiger partial charge in [-0.15, -0.1) is 11.3 Å². The first-order valence-electron chi connectivity index (χ1n) is 9.26. The van der Waals surface area contributed by atoms with Gasteiger partial charge in [0, 0.05) is 20.5 Å². The minimum Gasteiger partial charge on any atom is -0.462 e. The van der Waals surface area contributed by atoms with E-state index in [0.717, 1.165) is 11.3 Å². The summed E-state index contributed by atoms with van der Waals surface area (Å²) in [6.45, 7) is 3.79. The van der Waals surface area contributed by atoms with Crippen LogP contribution in [0.4, 0.5) is 10.8 Å². The van der Waals surface area contributed by atoms with E-state index in [1.54, 1.807) is 21.0 Å². The standard InChI is InChI=1S/C18H22BrN5O6S/c1-5-8-30-18(27)13-10(2)14(17(26)22(3)4)31-16(13)20-12(25)6-7-23-9-11(19)15(21-23)24(28)29/h9H,5-8H2,1-4H3,(H,20,25). The van der Waals surface area contributed by atoms with Gasteiger partial charge in [-0.2, -0.15) is 4.68 Å². The molecule has 0 fully saturated rings. The van der Waals surface area contributed by atoms with Crippen LogP contribution in [0, 0.1) is 17.0 Å². The van der Waals surface area contributed by atoms with Crippen molar-refractivity contribution >= 4 is 55.9 Å². The zero-order chi connectivity index (χ0) is 23.3. The number of nitrogens with zero attached hydrogens (tertiary/aromatic N) is 4. The van der Waals surface area contributed by atoms with Crippen molar-refractivity contribution in [2.45, 2.75) is 33.2 Å². The smallest absolute Gasteiger partial charge is 0.404 e. The quantitative estimate of drug-likeness (QED) is 0.307. The number of esters is 1. The molecule has 0 aromatic carbocycles. The van der Waals surface area contributed by atoms with E-state index < -0.39 is 16.8 Å². The molecule has 168 valence electrons. The SMILES string of the molecule is CCCOC(=O)c1c(NC(=O)CCn2cc(Br)c([N+](=O)[O-])n2)sc(C(=O)N(C)C)c1C. The van der Waals surface area contributed by atoms with E-state index in [1.807, 2.05) is 6.92 Å². The summed E-state index contributed by atoms with van der Waals surface area (Å²) in [6, 6.07) is 0. The van der Waals surface area contributed by atoms with Gasteiger partial charge in [-0.3, -0.25) is 9.59 Å². The predicted molar refractivity (Wildman–Crippen MR) is 117 cm³/mol. The molecule has 0 atom stereocenters. The van der Waals surface area contributed by atoms with Gasteiger partial charge in [0.15, 0.2) is 0 Å². The average molecular weight is 516 g/mol. The molecule has 0 radical (unpaired) electrons. The van der Waals surface area contributed by atoms with E-state index in [1.165, 1.54) is 15.8 Å². The minimum atomic E-state index is -0.632. The highest BCUT2D eigenvalue weighted by atomic mass is 79.9. The van der Waals surface area contributed by atoms with E-state index >= 15 is 0 Å². The molecule has 13 heteroatoms. The summed E-state index contributed by atoms with van der Waals surface area (Å²) >= 11 is 4.05. The molecule has 0 bridgehead atoms. The number of aromatic nitrogens is 2. The summed E-state index contributed by atoms with van der Waals surface area (Å²) in [5, 5.41) is 17.6. The number of thiophene rings is 1. The van der Waals surface area contributed by atoms with Crippen molar-refractivity contribution in [3.8, 4) is 0 Å². The first-order valence-corrected chi connectivity index (χ1v) is 10.9. The molecule has 0 aliphatic rings. The molecule has 2 aromatic heterocycles. The lowest BCUT2D eigenvalue weighted by atomic mass is 10.1. The highest BCUT2D eigenvalue weighted by Crippen LogP contribution is 2.34. The molecule has 2 heterocycles. The van der Waals surface area contributed by atoms with Gasteiger partial charge in [-0.05, 0) is 39.8 Å². The molecule has 31 heavy (non-hydrogen) atoms. The van der Waals surface area contributed by atoms with Crippen LogP contribution in [0.25, 0.3) is 0 Å². The Balaban J connectivity index is 2.21. The number of nitrogens with one attached hydrogen (secondary N) is 1. The molecule has 2 amide bonds. The number of rotatable bonds is 9. The minimum absolute atomic E-state index is 0.0529. The number of amides is 2. The Kier molecular flexibility index (Phi) is 8.28. The number of nitro groups is 1. The Labute approximate surface area is 190 Å². The van der Waals surface area contributed by atoms with E-state index in [9.17, 15) is 24.5 Å². The monoisotopic (exact) mass is 515 g/mol. The van der Waals surface area contributed by atoms with Crippen LogP contribution in [-0.2, 0) is 16.1 Å². The van der Waals surface area contributed by atoms with Crippen LogP contribution in [0.3, 0.4) is 0 Å². The summed E-state index contributed by atoms with van der Waals surface area (Å²) < 4.78 is 6.69. The van der Waals surface area contributed by atoms with Crippen molar-refractivity contribution in [2.75, 3.05) is 26.0 Å². The molecule has 0 saturated carbocycles. The molecular weight excluding hydrogens is 494 g/mol. The lowest BCUT2D eigenvalue weighted by Gasteiger charge is -2.09. The maximum atomic E-state index is 12.5. The number of aryl methyl sites for hydroxylation is 1. The fourth-order valence-electron chi connectivity index (χ4n) is 2.55. The van der Waals surface area contributed by atoms with Crippen LogP contribution in [-0.4, -0.2) is 58.1 Å². The van der Waals surface area contributed by atoms with Crippen LogP contribution in [0.5, 0.6) is 0 Å². The van der Waals surface area contributed by atoms with Gasteiger partial charge in [0.2, 0.25) is 5.91 Å². The molecule has 0 unspecified atom stereocenters. The molecule has 1 N–H and O–H groups in total. The number of anilines is 1. The third-order valence-electron chi connectivity index (χ3n) is 4.08. The number of carbonyl (C=O) groups excluding carboxylic acids is 3. The summed E-state index contributed by atoms with van der Waals surface area (Å²) in [5.41, 5.74) is 0.584. The fraction of sp³-hybridized carbons (Fsp3) is 0.444. The Hall–Kier alpha value is -2.80. The van der Waals surface area contributed by atoms with Crippen molar-refractivity contribution < 1.29 is 24.0 Å². The van der Waals surface area contributed by atoms with Gasteiger partial charge in [0.25, 0.3) is 5.91 Å². The molecule has 2 aromatic rings. The number of halogens is 1. The number of carbonyl (C=O) groups is 3. The first-order chi connectivity index (χ1) is 14.6. The van der Waals surface area contributed by atoms with Crippen molar-refractivity contribution in [3.05, 3.63) is 36.8 Å². The lowest BCUT2D eigenvalue weighted by Crippen LogP contribution is -2.21. The highest BCUT2D eigenvalue weighted by Gasteiger charge is 2.27. The van der Waals surface area contributed by atoms with Crippen LogP contribution >= 0.6 is 27.3 Å². The highest BCUT2D eigenvalue weighted by molar-refractivity contribution is 9.10. The normalized spacial score (nSPS) is 10.6. The van der Waals surface area contributed by atoms with Gasteiger partial charge in [0.05, 0.1) is 34.9 Å². The Morgan fingerprint density at radius 3 is 2.61 bits per heavy atom. The van der Waals surface area contributed by atoms with Crippen molar-refractivity contribution in [1.82, 2.24) is 14.7 Å². The van der Waals surface area contributed by atoms with Crippen molar-refractivity contribution in [2.24, 2.45) is 0 Å². The van der Waals surface area contributed by atoms with Crippen molar-refractivity contribution in [3.63, 3.8) is 0 Å².